The van der Waals surface area contributed by atoms with E-state index in [1.165, 1.54) is 22.3 Å². The molecule has 1 aromatic heterocycles. The molecule has 30 heavy (non-hydrogen) atoms. The third-order valence-electron chi connectivity index (χ3n) is 7.15. The highest BCUT2D eigenvalue weighted by Crippen LogP contribution is 2.47. The molecule has 0 saturated carbocycles. The molecule has 0 radical (unpaired) electrons. The fourth-order valence-electron chi connectivity index (χ4n) is 4.25. The summed E-state index contributed by atoms with van der Waals surface area (Å²) in [6.45, 7) is 19.7. The van der Waals surface area contributed by atoms with Gasteiger partial charge in [0.05, 0.1) is 16.9 Å². The molecular formula is C26H34BNO2. The van der Waals surface area contributed by atoms with E-state index >= 15 is 0 Å². The lowest BCUT2D eigenvalue weighted by Gasteiger charge is -2.32. The Labute approximate surface area is 182 Å². The van der Waals surface area contributed by atoms with Crippen LogP contribution in [0.3, 0.4) is 0 Å². The highest BCUT2D eigenvalue weighted by Gasteiger charge is 2.51. The quantitative estimate of drug-likeness (QED) is 0.620. The summed E-state index contributed by atoms with van der Waals surface area (Å²) in [5.74, 6) is 0. The molecule has 2 aliphatic rings. The van der Waals surface area contributed by atoms with Crippen molar-refractivity contribution in [3.05, 3.63) is 58.9 Å². The number of nitrogens with zero attached hydrogens (tertiary/aromatic N) is 1. The molecule has 3 nitrogen and oxygen atoms in total. The average molecular weight is 403 g/mol. The molecule has 2 heterocycles. The van der Waals surface area contributed by atoms with Gasteiger partial charge in [0.2, 0.25) is 0 Å². The van der Waals surface area contributed by atoms with Crippen molar-refractivity contribution in [1.82, 2.24) is 4.98 Å². The number of fused-ring (bicyclic) bond motifs is 1. The maximum absolute atomic E-state index is 6.18. The van der Waals surface area contributed by atoms with E-state index in [0.717, 1.165) is 11.2 Å². The Hall–Kier alpha value is -1.91. The number of rotatable bonds is 2. The Morgan fingerprint density at radius 1 is 0.867 bits per heavy atom. The third-order valence-corrected chi connectivity index (χ3v) is 7.15. The van der Waals surface area contributed by atoms with Gasteiger partial charge in [-0.15, -0.1) is 0 Å². The van der Waals surface area contributed by atoms with E-state index in [2.05, 4.69) is 98.7 Å². The van der Waals surface area contributed by atoms with E-state index in [1.54, 1.807) is 0 Å². The minimum Gasteiger partial charge on any atom is -0.399 e. The van der Waals surface area contributed by atoms with Gasteiger partial charge in [-0.1, -0.05) is 58.9 Å². The summed E-state index contributed by atoms with van der Waals surface area (Å²) in [5, 5.41) is 0. The van der Waals surface area contributed by atoms with Crippen LogP contribution in [0, 0.1) is 0 Å². The van der Waals surface area contributed by atoms with Gasteiger partial charge < -0.3 is 9.31 Å². The Morgan fingerprint density at radius 2 is 1.50 bits per heavy atom. The van der Waals surface area contributed by atoms with Crippen LogP contribution in [-0.2, 0) is 20.1 Å². The first-order valence-corrected chi connectivity index (χ1v) is 10.9. The van der Waals surface area contributed by atoms with Crippen LogP contribution in [0.1, 0.15) is 84.7 Å². The largest absolute Gasteiger partial charge is 0.496 e. The molecule has 1 aliphatic carbocycles. The maximum Gasteiger partial charge on any atom is 0.496 e. The van der Waals surface area contributed by atoms with Crippen LogP contribution in [0.4, 0.5) is 0 Å². The smallest absolute Gasteiger partial charge is 0.399 e. The highest BCUT2D eigenvalue weighted by molar-refractivity contribution is 6.62. The van der Waals surface area contributed by atoms with Gasteiger partial charge in [0.15, 0.2) is 0 Å². The zero-order valence-corrected chi connectivity index (χ0v) is 19.9. The van der Waals surface area contributed by atoms with E-state index in [9.17, 15) is 0 Å². The van der Waals surface area contributed by atoms with Gasteiger partial charge >= 0.3 is 7.12 Å². The van der Waals surface area contributed by atoms with Gasteiger partial charge in [-0.05, 0) is 67.5 Å². The number of hydrogen-bond donors (Lipinski definition) is 0. The van der Waals surface area contributed by atoms with Crippen LogP contribution in [0.15, 0.2) is 36.5 Å². The Balaban J connectivity index is 1.63. The van der Waals surface area contributed by atoms with Crippen molar-refractivity contribution in [2.75, 3.05) is 0 Å². The normalized spacial score (nSPS) is 21.5. The number of allylic oxidation sites excluding steroid dienone is 1. The van der Waals surface area contributed by atoms with Crippen molar-refractivity contribution >= 4 is 24.2 Å². The molecule has 0 unspecified atom stereocenters. The topological polar surface area (TPSA) is 31.4 Å². The lowest BCUT2D eigenvalue weighted by molar-refractivity contribution is 0.00578. The van der Waals surface area contributed by atoms with Crippen molar-refractivity contribution in [3.63, 3.8) is 0 Å². The third kappa shape index (κ3) is 3.34. The van der Waals surface area contributed by atoms with Crippen LogP contribution < -0.4 is 5.46 Å². The van der Waals surface area contributed by atoms with Gasteiger partial charge in [-0.25, -0.2) is 0 Å². The molecular weight excluding hydrogens is 369 g/mol. The fourth-order valence-corrected chi connectivity index (χ4v) is 4.25. The number of benzene rings is 1. The van der Waals surface area contributed by atoms with Gasteiger partial charge in [0.25, 0.3) is 0 Å². The van der Waals surface area contributed by atoms with Gasteiger partial charge in [-0.2, -0.15) is 0 Å². The van der Waals surface area contributed by atoms with Crippen LogP contribution in [0.2, 0.25) is 0 Å². The van der Waals surface area contributed by atoms with Crippen LogP contribution in [-0.4, -0.2) is 23.3 Å². The lowest BCUT2D eigenvalue weighted by atomic mass is 9.76. The number of hydrogen-bond acceptors (Lipinski definition) is 3. The first kappa shape index (κ1) is 21.3. The first-order valence-electron chi connectivity index (χ1n) is 10.9. The molecule has 0 N–H and O–H groups in total. The summed E-state index contributed by atoms with van der Waals surface area (Å²) in [6, 6.07) is 11.1. The summed E-state index contributed by atoms with van der Waals surface area (Å²) >= 11 is 0. The molecule has 1 aromatic carbocycles. The fraction of sp³-hybridized carbons (Fsp3) is 0.500. The van der Waals surface area contributed by atoms with Crippen LogP contribution in [0.5, 0.6) is 0 Å². The van der Waals surface area contributed by atoms with E-state index in [4.69, 9.17) is 14.3 Å². The lowest BCUT2D eigenvalue weighted by Crippen LogP contribution is -2.41. The first-order chi connectivity index (χ1) is 13.7. The predicted octanol–water partition coefficient (Wildman–Crippen LogP) is 5.51. The Morgan fingerprint density at radius 3 is 2.03 bits per heavy atom. The molecule has 0 atom stereocenters. The second-order valence-corrected chi connectivity index (χ2v) is 11.3. The van der Waals surface area contributed by atoms with Crippen LogP contribution >= 0.6 is 0 Å². The maximum atomic E-state index is 6.18. The monoisotopic (exact) mass is 403 g/mol. The summed E-state index contributed by atoms with van der Waals surface area (Å²) in [7, 11) is -0.381. The van der Waals surface area contributed by atoms with E-state index in [0.29, 0.717) is 0 Å². The summed E-state index contributed by atoms with van der Waals surface area (Å²) < 4.78 is 12.4. The van der Waals surface area contributed by atoms with Crippen molar-refractivity contribution in [3.8, 4) is 0 Å². The molecule has 4 rings (SSSR count). The second kappa shape index (κ2) is 6.54. The van der Waals surface area contributed by atoms with Crippen molar-refractivity contribution in [2.24, 2.45) is 0 Å². The zero-order valence-electron chi connectivity index (χ0n) is 19.9. The summed E-state index contributed by atoms with van der Waals surface area (Å²) in [4.78, 5) is 4.82. The van der Waals surface area contributed by atoms with Gasteiger partial charge in [0.1, 0.15) is 0 Å². The number of aromatic nitrogens is 1. The van der Waals surface area contributed by atoms with E-state index < -0.39 is 0 Å². The summed E-state index contributed by atoms with van der Waals surface area (Å²) in [6.07, 6.45) is 4.19. The molecule has 0 bridgehead atoms. The van der Waals surface area contributed by atoms with Crippen molar-refractivity contribution in [2.45, 2.75) is 84.3 Å². The SMILES string of the molecule is CC(C)(C)c1ccc2c(c1)C(C)(C)C(c1ccc(B3OC(C)(C)C(C)(C)O3)cn1)=C2. The standard InChI is InChI=1S/C26H34BNO2/c1-23(2,3)18-11-10-17-14-21(24(4,5)20(17)15-18)22-13-12-19(16-28-22)27-29-25(6,7)26(8,9)30-27/h10-16H,1-9H3. The molecule has 4 heteroatoms. The highest BCUT2D eigenvalue weighted by atomic mass is 16.7. The van der Waals surface area contributed by atoms with Crippen molar-refractivity contribution < 1.29 is 9.31 Å². The predicted molar refractivity (Wildman–Crippen MR) is 126 cm³/mol. The zero-order chi connectivity index (χ0) is 22.1. The molecule has 2 aromatic rings. The molecule has 0 amide bonds. The molecule has 158 valence electrons. The Bertz CT molecular complexity index is 994. The van der Waals surface area contributed by atoms with E-state index in [-0.39, 0.29) is 29.2 Å². The van der Waals surface area contributed by atoms with Gasteiger partial charge in [0, 0.05) is 17.1 Å². The molecule has 1 fully saturated rings. The molecule has 1 saturated heterocycles. The van der Waals surface area contributed by atoms with Gasteiger partial charge in [-0.3, -0.25) is 4.98 Å². The number of pyridine rings is 1. The molecule has 0 spiro atoms. The average Bonchev–Trinajstić information content (AvgIpc) is 3.03. The summed E-state index contributed by atoms with van der Waals surface area (Å²) in [5.41, 5.74) is 6.61. The van der Waals surface area contributed by atoms with Crippen LogP contribution in [0.25, 0.3) is 11.6 Å². The van der Waals surface area contributed by atoms with Crippen molar-refractivity contribution in [1.29, 1.82) is 0 Å². The molecule has 1 aliphatic heterocycles. The minimum absolute atomic E-state index is 0.0878. The van der Waals surface area contributed by atoms with E-state index in [1.807, 2.05) is 6.20 Å². The Kier molecular flexibility index (Phi) is 4.65. The minimum atomic E-state index is -0.381. The second-order valence-electron chi connectivity index (χ2n) is 11.3.